The Hall–Kier alpha value is 0.477. The van der Waals surface area contributed by atoms with Crippen LogP contribution in [0.4, 0.5) is 0 Å². The van der Waals surface area contributed by atoms with Gasteiger partial charge in [-0.05, 0) is 32.8 Å². The lowest BCUT2D eigenvalue weighted by atomic mass is 10.1. The smallest absolute Gasteiger partial charge is 0.373 e. The maximum absolute atomic E-state index is 7.06. The third-order valence-electron chi connectivity index (χ3n) is 3.65. The third kappa shape index (κ3) is 4.80. The van der Waals surface area contributed by atoms with E-state index < -0.39 is 17.1 Å². The van der Waals surface area contributed by atoms with Crippen LogP contribution in [0.5, 0.6) is 0 Å². The van der Waals surface area contributed by atoms with Crippen molar-refractivity contribution in [3.8, 4) is 0 Å². The molecule has 0 aliphatic rings. The second-order valence-corrected chi connectivity index (χ2v) is 11.2. The van der Waals surface area contributed by atoms with E-state index in [4.69, 9.17) is 59.7 Å². The van der Waals surface area contributed by atoms with Crippen LogP contribution < -0.4 is 0 Å². The molecule has 0 N–H and O–H groups in total. The average Bonchev–Trinajstić information content (AvgIpc) is 2.54. The molecular formula is C16H24Cl4O3Si. The standard InChI is InChI=1S/C16H24Cl4O3Si/c1-5-15(17,24(21-6-2,22-7-3)23-8-4)13-9-11-14(12-10-13)16(18,19)20/h9-12H,5-8H2,1-4H3. The Labute approximate surface area is 165 Å². The van der Waals surface area contributed by atoms with Crippen molar-refractivity contribution in [1.29, 1.82) is 0 Å². The van der Waals surface area contributed by atoms with Crippen LogP contribution in [0.1, 0.15) is 45.2 Å². The molecule has 1 unspecified atom stereocenters. The maximum atomic E-state index is 7.06. The normalized spacial score (nSPS) is 15.3. The fraction of sp³-hybridized carbons (Fsp3) is 0.625. The number of alkyl halides is 4. The van der Waals surface area contributed by atoms with Gasteiger partial charge in [0.2, 0.25) is 3.79 Å². The Balaban J connectivity index is 3.38. The lowest BCUT2D eigenvalue weighted by Crippen LogP contribution is -2.60. The van der Waals surface area contributed by atoms with E-state index in [1.54, 1.807) is 12.1 Å². The van der Waals surface area contributed by atoms with Crippen LogP contribution in [0.15, 0.2) is 24.3 Å². The molecule has 0 bridgehead atoms. The van der Waals surface area contributed by atoms with E-state index >= 15 is 0 Å². The zero-order valence-corrected chi connectivity index (χ0v) is 18.4. The third-order valence-corrected chi connectivity index (χ3v) is 9.10. The summed E-state index contributed by atoms with van der Waals surface area (Å²) in [4.78, 5) is 0. The summed E-state index contributed by atoms with van der Waals surface area (Å²) in [6.45, 7) is 9.04. The van der Waals surface area contributed by atoms with Gasteiger partial charge in [-0.2, -0.15) is 0 Å². The number of hydrogen-bond acceptors (Lipinski definition) is 3. The van der Waals surface area contributed by atoms with E-state index in [0.717, 1.165) is 5.56 Å². The summed E-state index contributed by atoms with van der Waals surface area (Å²) < 4.78 is 15.6. The van der Waals surface area contributed by atoms with Crippen molar-refractivity contribution in [1.82, 2.24) is 0 Å². The number of rotatable bonds is 9. The van der Waals surface area contributed by atoms with E-state index in [2.05, 4.69) is 0 Å². The van der Waals surface area contributed by atoms with Crippen LogP contribution in [-0.4, -0.2) is 28.6 Å². The molecule has 138 valence electrons. The molecule has 3 nitrogen and oxygen atoms in total. The lowest BCUT2D eigenvalue weighted by Gasteiger charge is -2.41. The van der Waals surface area contributed by atoms with Crippen LogP contribution in [-0.2, 0) is 21.6 Å². The summed E-state index contributed by atoms with van der Waals surface area (Å²) in [5.41, 5.74) is 1.40. The summed E-state index contributed by atoms with van der Waals surface area (Å²) in [6, 6.07) is 7.18. The van der Waals surface area contributed by atoms with Gasteiger partial charge in [-0.1, -0.05) is 66.0 Å². The van der Waals surface area contributed by atoms with Crippen molar-refractivity contribution in [3.05, 3.63) is 35.4 Å². The van der Waals surface area contributed by atoms with Gasteiger partial charge in [0.25, 0.3) is 0 Å². The van der Waals surface area contributed by atoms with Crippen molar-refractivity contribution in [3.63, 3.8) is 0 Å². The largest absolute Gasteiger partial charge is 0.527 e. The average molecular weight is 434 g/mol. The lowest BCUT2D eigenvalue weighted by molar-refractivity contribution is 0.0554. The summed E-state index contributed by atoms with van der Waals surface area (Å²) in [5.74, 6) is 0. The minimum atomic E-state index is -3.19. The van der Waals surface area contributed by atoms with E-state index in [-0.39, 0.29) is 0 Å². The highest BCUT2D eigenvalue weighted by atomic mass is 35.6. The quantitative estimate of drug-likeness (QED) is 0.356. The fourth-order valence-electron chi connectivity index (χ4n) is 2.56. The van der Waals surface area contributed by atoms with E-state index in [1.807, 2.05) is 39.8 Å². The van der Waals surface area contributed by atoms with Gasteiger partial charge < -0.3 is 13.3 Å². The Morgan fingerprint density at radius 2 is 1.12 bits per heavy atom. The zero-order chi connectivity index (χ0) is 18.4. The number of halogens is 4. The van der Waals surface area contributed by atoms with Crippen LogP contribution in [0.2, 0.25) is 0 Å². The predicted octanol–water partition coefficient (Wildman–Crippen LogP) is 5.95. The Morgan fingerprint density at radius 3 is 1.42 bits per heavy atom. The van der Waals surface area contributed by atoms with Gasteiger partial charge in [0.15, 0.2) is 0 Å². The first-order chi connectivity index (χ1) is 11.2. The van der Waals surface area contributed by atoms with Crippen molar-refractivity contribution < 1.29 is 13.3 Å². The maximum Gasteiger partial charge on any atom is 0.527 e. The van der Waals surface area contributed by atoms with Gasteiger partial charge in [-0.25, -0.2) is 0 Å². The molecule has 0 saturated heterocycles. The molecule has 1 rings (SSSR count). The van der Waals surface area contributed by atoms with Crippen LogP contribution in [0, 0.1) is 0 Å². The van der Waals surface area contributed by atoms with Gasteiger partial charge in [0.1, 0.15) is 4.50 Å². The second kappa shape index (κ2) is 9.42. The van der Waals surface area contributed by atoms with Gasteiger partial charge in [0, 0.05) is 25.4 Å². The molecule has 1 aromatic carbocycles. The van der Waals surface area contributed by atoms with Crippen molar-refractivity contribution >= 4 is 55.2 Å². The van der Waals surface area contributed by atoms with Gasteiger partial charge in [-0.15, -0.1) is 11.6 Å². The molecule has 0 aliphatic carbocycles. The molecule has 0 aromatic heterocycles. The molecule has 1 aromatic rings. The van der Waals surface area contributed by atoms with Gasteiger partial charge >= 0.3 is 8.80 Å². The first kappa shape index (κ1) is 22.5. The van der Waals surface area contributed by atoms with E-state index in [0.29, 0.717) is 31.8 Å². The second-order valence-electron chi connectivity index (χ2n) is 5.09. The summed E-state index contributed by atoms with van der Waals surface area (Å²) in [6.07, 6.45) is 0.577. The Kier molecular flexibility index (Phi) is 8.84. The Morgan fingerprint density at radius 1 is 0.750 bits per heavy atom. The Bertz CT molecular complexity index is 490. The van der Waals surface area contributed by atoms with Crippen LogP contribution in [0.25, 0.3) is 0 Å². The van der Waals surface area contributed by atoms with Gasteiger partial charge in [-0.3, -0.25) is 0 Å². The monoisotopic (exact) mass is 432 g/mol. The highest BCUT2D eigenvalue weighted by molar-refractivity contribution is 6.73. The van der Waals surface area contributed by atoms with Gasteiger partial charge in [0.05, 0.1) is 0 Å². The molecule has 0 heterocycles. The molecule has 1 atom stereocenters. The first-order valence-corrected chi connectivity index (χ1v) is 11.2. The molecule has 0 aliphatic heterocycles. The zero-order valence-electron chi connectivity index (χ0n) is 14.4. The SMILES string of the molecule is CCO[Si](OCC)(OCC)C(Cl)(CC)c1ccc(C(Cl)(Cl)Cl)cc1. The predicted molar refractivity (Wildman–Crippen MR) is 104 cm³/mol. The summed E-state index contributed by atoms with van der Waals surface area (Å²) in [7, 11) is -3.19. The first-order valence-electron chi connectivity index (χ1n) is 7.99. The summed E-state index contributed by atoms with van der Waals surface area (Å²) in [5, 5.41) is 0. The van der Waals surface area contributed by atoms with E-state index in [9.17, 15) is 0 Å². The molecule has 0 radical (unpaired) electrons. The van der Waals surface area contributed by atoms with Crippen molar-refractivity contribution in [2.24, 2.45) is 0 Å². The minimum absolute atomic E-state index is 0.451. The molecule has 0 saturated carbocycles. The molecule has 0 spiro atoms. The minimum Gasteiger partial charge on any atom is -0.373 e. The molecule has 0 amide bonds. The van der Waals surface area contributed by atoms with Crippen LogP contribution >= 0.6 is 46.4 Å². The highest BCUT2D eigenvalue weighted by Gasteiger charge is 2.60. The highest BCUT2D eigenvalue weighted by Crippen LogP contribution is 2.45. The molecular weight excluding hydrogens is 410 g/mol. The number of hydrogen-bond donors (Lipinski definition) is 0. The number of benzene rings is 1. The molecule has 24 heavy (non-hydrogen) atoms. The van der Waals surface area contributed by atoms with Crippen molar-refractivity contribution in [2.75, 3.05) is 19.8 Å². The summed E-state index contributed by atoms with van der Waals surface area (Å²) >= 11 is 24.9. The molecule has 8 heteroatoms. The molecule has 0 fully saturated rings. The topological polar surface area (TPSA) is 27.7 Å². The fourth-order valence-corrected chi connectivity index (χ4v) is 6.58. The van der Waals surface area contributed by atoms with Crippen molar-refractivity contribution in [2.45, 2.75) is 42.4 Å². The van der Waals surface area contributed by atoms with E-state index in [1.165, 1.54) is 0 Å². The van der Waals surface area contributed by atoms with Crippen LogP contribution in [0.3, 0.4) is 0 Å².